The Morgan fingerprint density at radius 2 is 1.45 bits per heavy atom. The number of rotatable bonds is 7. The SMILES string of the molecule is CC(=O)c1c(C)[nH]c(C(=O)[C@H](C)Sc2nnc(-c3ccccc3)c(-c3ccccc3)n2)c1C. The molecule has 0 saturated heterocycles. The highest BCUT2D eigenvalue weighted by atomic mass is 32.2. The minimum atomic E-state index is -0.463. The summed E-state index contributed by atoms with van der Waals surface area (Å²) in [5, 5.41) is 8.74. The standard InChI is InChI=1S/C26H24N4O2S/c1-15-21(17(3)31)16(2)27-22(15)25(32)18(4)33-26-28-23(19-11-7-5-8-12-19)24(29-30-26)20-13-9-6-10-14-20/h5-14,18,27H,1-4H3/t18-/m0/s1. The molecule has 4 rings (SSSR count). The Balaban J connectivity index is 1.67. The van der Waals surface area contributed by atoms with E-state index in [4.69, 9.17) is 4.98 Å². The van der Waals surface area contributed by atoms with Crippen LogP contribution in [0.5, 0.6) is 0 Å². The molecule has 0 aliphatic carbocycles. The second-order valence-electron chi connectivity index (χ2n) is 7.83. The number of hydrogen-bond donors (Lipinski definition) is 1. The molecule has 0 saturated carbocycles. The summed E-state index contributed by atoms with van der Waals surface area (Å²) in [6, 6.07) is 19.6. The zero-order chi connectivity index (χ0) is 23.5. The average Bonchev–Trinajstić information content (AvgIpc) is 3.13. The zero-order valence-corrected chi connectivity index (χ0v) is 19.7. The molecule has 166 valence electrons. The number of aromatic nitrogens is 4. The van der Waals surface area contributed by atoms with E-state index in [1.807, 2.05) is 67.6 Å². The van der Waals surface area contributed by atoms with Crippen LogP contribution in [0.1, 0.15) is 46.0 Å². The van der Waals surface area contributed by atoms with Gasteiger partial charge in [-0.15, -0.1) is 10.2 Å². The Labute approximate surface area is 196 Å². The van der Waals surface area contributed by atoms with Crippen LogP contribution in [0.4, 0.5) is 0 Å². The summed E-state index contributed by atoms with van der Waals surface area (Å²) < 4.78 is 0. The first kappa shape index (κ1) is 22.6. The van der Waals surface area contributed by atoms with Gasteiger partial charge in [-0.3, -0.25) is 9.59 Å². The van der Waals surface area contributed by atoms with Gasteiger partial charge < -0.3 is 4.98 Å². The highest BCUT2D eigenvalue weighted by Gasteiger charge is 2.25. The molecule has 0 amide bonds. The van der Waals surface area contributed by atoms with E-state index in [0.717, 1.165) is 11.1 Å². The third kappa shape index (κ3) is 4.64. The van der Waals surface area contributed by atoms with E-state index in [1.165, 1.54) is 18.7 Å². The van der Waals surface area contributed by atoms with Crippen molar-refractivity contribution in [1.82, 2.24) is 20.2 Å². The van der Waals surface area contributed by atoms with E-state index >= 15 is 0 Å². The summed E-state index contributed by atoms with van der Waals surface area (Å²) in [6.45, 7) is 6.92. The lowest BCUT2D eigenvalue weighted by Gasteiger charge is -2.12. The smallest absolute Gasteiger partial charge is 0.210 e. The van der Waals surface area contributed by atoms with Crippen molar-refractivity contribution < 1.29 is 9.59 Å². The number of aryl methyl sites for hydroxylation is 1. The van der Waals surface area contributed by atoms with Gasteiger partial charge in [0.15, 0.2) is 11.6 Å². The molecule has 1 N–H and O–H groups in total. The molecule has 0 bridgehead atoms. The largest absolute Gasteiger partial charge is 0.355 e. The Kier molecular flexibility index (Phi) is 6.51. The van der Waals surface area contributed by atoms with Gasteiger partial charge in [-0.25, -0.2) is 4.98 Å². The second kappa shape index (κ2) is 9.50. The first-order chi connectivity index (χ1) is 15.9. The second-order valence-corrected chi connectivity index (χ2v) is 9.14. The Morgan fingerprint density at radius 3 is 2.00 bits per heavy atom. The number of nitrogens with one attached hydrogen (secondary N) is 1. The van der Waals surface area contributed by atoms with Crippen LogP contribution < -0.4 is 0 Å². The number of thioether (sulfide) groups is 1. The van der Waals surface area contributed by atoms with Crippen molar-refractivity contribution >= 4 is 23.3 Å². The van der Waals surface area contributed by atoms with E-state index in [2.05, 4.69) is 15.2 Å². The van der Waals surface area contributed by atoms with Crippen molar-refractivity contribution in [2.75, 3.05) is 0 Å². The van der Waals surface area contributed by atoms with Crippen LogP contribution in [-0.4, -0.2) is 37.0 Å². The molecule has 0 spiro atoms. The minimum absolute atomic E-state index is 0.0582. The minimum Gasteiger partial charge on any atom is -0.355 e. The molecular weight excluding hydrogens is 432 g/mol. The molecule has 2 aromatic heterocycles. The van der Waals surface area contributed by atoms with E-state index in [0.29, 0.717) is 39.1 Å². The molecule has 6 nitrogen and oxygen atoms in total. The molecule has 2 heterocycles. The van der Waals surface area contributed by atoms with Gasteiger partial charge in [-0.1, -0.05) is 72.4 Å². The van der Waals surface area contributed by atoms with Crippen molar-refractivity contribution in [2.24, 2.45) is 0 Å². The van der Waals surface area contributed by atoms with Gasteiger partial charge in [0, 0.05) is 22.4 Å². The van der Waals surface area contributed by atoms with E-state index < -0.39 is 5.25 Å². The molecule has 4 aromatic rings. The Bertz CT molecular complexity index is 1320. The van der Waals surface area contributed by atoms with Gasteiger partial charge in [0.1, 0.15) is 11.4 Å². The number of benzene rings is 2. The topological polar surface area (TPSA) is 88.6 Å². The fourth-order valence-electron chi connectivity index (χ4n) is 3.89. The van der Waals surface area contributed by atoms with Crippen molar-refractivity contribution in [3.05, 3.63) is 83.2 Å². The molecule has 1 atom stereocenters. The highest BCUT2D eigenvalue weighted by Crippen LogP contribution is 2.31. The molecule has 0 aliphatic heterocycles. The van der Waals surface area contributed by atoms with Crippen LogP contribution in [-0.2, 0) is 0 Å². The number of nitrogens with zero attached hydrogens (tertiary/aromatic N) is 3. The fraction of sp³-hybridized carbons (Fsp3) is 0.192. The van der Waals surface area contributed by atoms with Gasteiger partial charge in [0.2, 0.25) is 5.16 Å². The lowest BCUT2D eigenvalue weighted by Crippen LogP contribution is -2.16. The fourth-order valence-corrected chi connectivity index (χ4v) is 4.66. The van der Waals surface area contributed by atoms with Crippen LogP contribution >= 0.6 is 11.8 Å². The predicted octanol–water partition coefficient (Wildman–Crippen LogP) is 5.72. The highest BCUT2D eigenvalue weighted by molar-refractivity contribution is 8.00. The maximum atomic E-state index is 13.2. The molecule has 0 fully saturated rings. The van der Waals surface area contributed by atoms with Crippen molar-refractivity contribution in [2.45, 2.75) is 38.1 Å². The molecule has 33 heavy (non-hydrogen) atoms. The third-order valence-electron chi connectivity index (χ3n) is 5.45. The average molecular weight is 457 g/mol. The first-order valence-corrected chi connectivity index (χ1v) is 11.5. The van der Waals surface area contributed by atoms with E-state index in [1.54, 1.807) is 13.8 Å². The number of aromatic amines is 1. The predicted molar refractivity (Wildman–Crippen MR) is 131 cm³/mol. The summed E-state index contributed by atoms with van der Waals surface area (Å²) in [7, 11) is 0. The number of carbonyl (C=O) groups excluding carboxylic acids is 2. The summed E-state index contributed by atoms with van der Waals surface area (Å²) >= 11 is 1.25. The maximum absolute atomic E-state index is 13.2. The van der Waals surface area contributed by atoms with Crippen LogP contribution in [0.2, 0.25) is 0 Å². The van der Waals surface area contributed by atoms with Gasteiger partial charge >= 0.3 is 0 Å². The summed E-state index contributed by atoms with van der Waals surface area (Å²) in [5.41, 5.74) is 5.66. The summed E-state index contributed by atoms with van der Waals surface area (Å²) in [4.78, 5) is 33.0. The normalized spacial score (nSPS) is 11.9. The van der Waals surface area contributed by atoms with Gasteiger partial charge in [0.25, 0.3) is 0 Å². The quantitative estimate of drug-likeness (QED) is 0.283. The summed E-state index contributed by atoms with van der Waals surface area (Å²) in [6.07, 6.45) is 0. The van der Waals surface area contributed by atoms with Crippen molar-refractivity contribution in [1.29, 1.82) is 0 Å². The monoisotopic (exact) mass is 456 g/mol. The molecule has 2 aromatic carbocycles. The number of ketones is 2. The van der Waals surface area contributed by atoms with Gasteiger partial charge in [0.05, 0.1) is 10.9 Å². The first-order valence-electron chi connectivity index (χ1n) is 10.6. The lowest BCUT2D eigenvalue weighted by atomic mass is 10.0. The maximum Gasteiger partial charge on any atom is 0.210 e. The number of H-pyrrole nitrogens is 1. The third-order valence-corrected chi connectivity index (χ3v) is 6.40. The molecule has 7 heteroatoms. The van der Waals surface area contributed by atoms with E-state index in [-0.39, 0.29) is 11.6 Å². The zero-order valence-electron chi connectivity index (χ0n) is 18.9. The number of carbonyl (C=O) groups is 2. The van der Waals surface area contributed by atoms with Crippen LogP contribution in [0, 0.1) is 13.8 Å². The van der Waals surface area contributed by atoms with Crippen LogP contribution in [0.3, 0.4) is 0 Å². The number of hydrogen-bond acceptors (Lipinski definition) is 6. The lowest BCUT2D eigenvalue weighted by molar-refractivity contribution is 0.0988. The molecule has 0 aliphatic rings. The van der Waals surface area contributed by atoms with Gasteiger partial charge in [-0.05, 0) is 33.3 Å². The Hall–Kier alpha value is -3.58. The van der Waals surface area contributed by atoms with Crippen molar-refractivity contribution in [3.8, 4) is 22.5 Å². The number of Topliss-reactive ketones (excluding diaryl/α,β-unsaturated/α-hetero) is 2. The summed E-state index contributed by atoms with van der Waals surface area (Å²) in [5.74, 6) is -0.165. The molecule has 0 radical (unpaired) electrons. The molecular formula is C26H24N4O2S. The Morgan fingerprint density at radius 1 is 0.879 bits per heavy atom. The van der Waals surface area contributed by atoms with Crippen LogP contribution in [0.15, 0.2) is 65.8 Å². The van der Waals surface area contributed by atoms with Gasteiger partial charge in [-0.2, -0.15) is 0 Å². The molecule has 0 unspecified atom stereocenters. The van der Waals surface area contributed by atoms with E-state index in [9.17, 15) is 9.59 Å². The van der Waals surface area contributed by atoms with Crippen LogP contribution in [0.25, 0.3) is 22.5 Å². The van der Waals surface area contributed by atoms with Crippen molar-refractivity contribution in [3.63, 3.8) is 0 Å².